The first-order valence-corrected chi connectivity index (χ1v) is 19.6. The average Bonchev–Trinajstić information content (AvgIpc) is 3.72. The summed E-state index contributed by atoms with van der Waals surface area (Å²) >= 11 is 6.26. The Morgan fingerprint density at radius 1 is 1.00 bits per heavy atom. The van der Waals surface area contributed by atoms with Crippen molar-refractivity contribution < 1.29 is 19.1 Å². The molecule has 1 saturated carbocycles. The summed E-state index contributed by atoms with van der Waals surface area (Å²) < 4.78 is 10.9. The number of nitrogens with zero attached hydrogens (tertiary/aromatic N) is 6. The van der Waals surface area contributed by atoms with Gasteiger partial charge in [0, 0.05) is 56.8 Å². The summed E-state index contributed by atoms with van der Waals surface area (Å²) in [6.07, 6.45) is 9.03. The van der Waals surface area contributed by atoms with Crippen molar-refractivity contribution in [3.8, 4) is 5.75 Å². The number of imide groups is 1. The standard InChI is InChI=1S/C41H47ClN8O5/c1-46(27-17-19-48(20-18-27)33-9-6-10-34-38(33)47(2)41(54)50(34)35-15-16-37(51)44-40(35)53)23-25-11-13-28(14-12-25)49-24-26-21-32(36(55-3)22-31(26)45-49)43-39(52)29-7-4-5-8-30(29)42/h4-10,21-22,24-25,27-28,35H,11-20,23H2,1-3H3,(H,43,52)(H,44,51,53)/t25-,28-,35?. The van der Waals surface area contributed by atoms with E-state index >= 15 is 0 Å². The zero-order chi connectivity index (χ0) is 38.4. The van der Waals surface area contributed by atoms with Crippen LogP contribution in [0.1, 0.15) is 73.8 Å². The third-order valence-electron chi connectivity index (χ3n) is 12.0. The monoisotopic (exact) mass is 766 g/mol. The molecule has 13 nitrogen and oxygen atoms in total. The third-order valence-corrected chi connectivity index (χ3v) is 12.3. The summed E-state index contributed by atoms with van der Waals surface area (Å²) in [7, 11) is 5.60. The molecule has 5 aromatic rings. The number of methoxy groups -OCH3 is 1. The molecule has 2 N–H and O–H groups in total. The first-order chi connectivity index (χ1) is 26.6. The average molecular weight is 767 g/mol. The van der Waals surface area contributed by atoms with Gasteiger partial charge < -0.3 is 19.9 Å². The number of piperidine rings is 2. The lowest BCUT2D eigenvalue weighted by atomic mass is 9.85. The number of imidazole rings is 1. The van der Waals surface area contributed by atoms with Crippen molar-refractivity contribution in [2.45, 2.75) is 69.5 Å². The van der Waals surface area contributed by atoms with Crippen LogP contribution in [0.25, 0.3) is 21.9 Å². The highest BCUT2D eigenvalue weighted by Gasteiger charge is 2.33. The number of ether oxygens (including phenoxy) is 1. The van der Waals surface area contributed by atoms with Crippen molar-refractivity contribution in [2.75, 3.05) is 44.0 Å². The molecule has 0 spiro atoms. The zero-order valence-electron chi connectivity index (χ0n) is 31.5. The number of anilines is 2. The van der Waals surface area contributed by atoms with E-state index in [0.29, 0.717) is 46.4 Å². The molecule has 8 rings (SSSR count). The Balaban J connectivity index is 0.869. The van der Waals surface area contributed by atoms with Gasteiger partial charge >= 0.3 is 5.69 Å². The van der Waals surface area contributed by atoms with Crippen LogP contribution in [-0.4, -0.2) is 81.4 Å². The maximum absolute atomic E-state index is 13.5. The van der Waals surface area contributed by atoms with Gasteiger partial charge in [-0.05, 0) is 88.2 Å². The molecule has 0 radical (unpaired) electrons. The van der Waals surface area contributed by atoms with E-state index in [0.717, 1.165) is 85.8 Å². The van der Waals surface area contributed by atoms with Gasteiger partial charge in [-0.2, -0.15) is 5.10 Å². The molecule has 0 bridgehead atoms. The lowest BCUT2D eigenvalue weighted by Crippen LogP contribution is -2.45. The SMILES string of the molecule is COc1cc2nn([C@H]3CC[C@H](CN(C)C4CCN(c5cccc6c5n(C)c(=O)n6C5CCC(=O)NC5=O)CC4)CC3)cc2cc1NC(=O)c1ccccc1Cl. The van der Waals surface area contributed by atoms with Crippen LogP contribution in [0.5, 0.6) is 5.75 Å². The summed E-state index contributed by atoms with van der Waals surface area (Å²) in [5, 5.41) is 11.6. The Morgan fingerprint density at radius 3 is 2.49 bits per heavy atom. The Labute approximate surface area is 324 Å². The molecule has 2 saturated heterocycles. The van der Waals surface area contributed by atoms with Crippen molar-refractivity contribution in [1.29, 1.82) is 0 Å². The van der Waals surface area contributed by atoms with Crippen molar-refractivity contribution in [3.63, 3.8) is 0 Å². The lowest BCUT2D eigenvalue weighted by molar-refractivity contribution is -0.135. The maximum atomic E-state index is 13.5. The molecule has 1 unspecified atom stereocenters. The number of hydrogen-bond acceptors (Lipinski definition) is 8. The summed E-state index contributed by atoms with van der Waals surface area (Å²) in [6.45, 7) is 2.81. The van der Waals surface area contributed by atoms with E-state index in [1.54, 1.807) is 47.6 Å². The highest BCUT2D eigenvalue weighted by Crippen LogP contribution is 2.37. The van der Waals surface area contributed by atoms with Gasteiger partial charge in [0.1, 0.15) is 11.8 Å². The van der Waals surface area contributed by atoms with Crippen LogP contribution in [-0.2, 0) is 16.6 Å². The number of rotatable bonds is 9. The molecule has 2 aliphatic heterocycles. The van der Waals surface area contributed by atoms with Gasteiger partial charge in [0.2, 0.25) is 11.8 Å². The number of amides is 3. The van der Waals surface area contributed by atoms with Crippen LogP contribution < -0.4 is 26.0 Å². The molecule has 2 aromatic heterocycles. The minimum atomic E-state index is -0.697. The topological polar surface area (TPSA) is 136 Å². The van der Waals surface area contributed by atoms with Gasteiger partial charge in [-0.15, -0.1) is 0 Å². The number of carbonyl (C=O) groups is 3. The molecule has 1 atom stereocenters. The maximum Gasteiger partial charge on any atom is 0.329 e. The summed E-state index contributed by atoms with van der Waals surface area (Å²) in [5.74, 6) is 0.149. The van der Waals surface area contributed by atoms with E-state index < -0.39 is 11.9 Å². The van der Waals surface area contributed by atoms with Gasteiger partial charge in [-0.1, -0.05) is 29.8 Å². The number of para-hydroxylation sites is 1. The molecule has 3 amide bonds. The van der Waals surface area contributed by atoms with E-state index in [-0.39, 0.29) is 23.9 Å². The van der Waals surface area contributed by atoms with Crippen LogP contribution in [0.15, 0.2) is 65.6 Å². The van der Waals surface area contributed by atoms with Crippen molar-refractivity contribution in [1.82, 2.24) is 29.1 Å². The number of halogens is 1. The molecular weight excluding hydrogens is 720 g/mol. The Hall–Kier alpha value is -5.14. The smallest absolute Gasteiger partial charge is 0.329 e. The zero-order valence-corrected chi connectivity index (χ0v) is 32.2. The largest absolute Gasteiger partial charge is 0.494 e. The number of aromatic nitrogens is 4. The summed E-state index contributed by atoms with van der Waals surface area (Å²) in [6, 6.07) is 16.8. The lowest BCUT2D eigenvalue weighted by Gasteiger charge is -2.40. The molecular formula is C41H47ClN8O5. The number of benzene rings is 3. The predicted octanol–water partition coefficient (Wildman–Crippen LogP) is 5.91. The second-order valence-corrected chi connectivity index (χ2v) is 15.7. The number of carbonyl (C=O) groups excluding carboxylic acids is 3. The molecule has 3 aromatic carbocycles. The van der Waals surface area contributed by atoms with E-state index in [4.69, 9.17) is 21.4 Å². The van der Waals surface area contributed by atoms with Crippen molar-refractivity contribution in [2.24, 2.45) is 13.0 Å². The van der Waals surface area contributed by atoms with Gasteiger partial charge in [0.05, 0.1) is 51.7 Å². The fourth-order valence-electron chi connectivity index (χ4n) is 8.96. The van der Waals surface area contributed by atoms with Crippen molar-refractivity contribution >= 4 is 62.6 Å². The van der Waals surface area contributed by atoms with E-state index in [1.165, 1.54) is 0 Å². The van der Waals surface area contributed by atoms with Crippen LogP contribution >= 0.6 is 11.6 Å². The number of nitrogens with one attached hydrogen (secondary N) is 2. The summed E-state index contributed by atoms with van der Waals surface area (Å²) in [5.41, 5.74) is 4.11. The van der Waals surface area contributed by atoms with Crippen LogP contribution in [0, 0.1) is 5.92 Å². The normalized spacial score (nSPS) is 21.0. The number of hydrogen-bond donors (Lipinski definition) is 2. The van der Waals surface area contributed by atoms with Gasteiger partial charge in [0.15, 0.2) is 0 Å². The van der Waals surface area contributed by atoms with E-state index in [1.807, 2.05) is 24.3 Å². The van der Waals surface area contributed by atoms with Gasteiger partial charge in [-0.25, -0.2) is 4.79 Å². The first-order valence-electron chi connectivity index (χ1n) is 19.2. The number of fused-ring (bicyclic) bond motifs is 2. The second kappa shape index (κ2) is 15.2. The Kier molecular flexibility index (Phi) is 10.2. The highest BCUT2D eigenvalue weighted by molar-refractivity contribution is 6.34. The third kappa shape index (κ3) is 7.11. The minimum Gasteiger partial charge on any atom is -0.494 e. The first kappa shape index (κ1) is 36.8. The van der Waals surface area contributed by atoms with E-state index in [2.05, 4.69) is 44.4 Å². The van der Waals surface area contributed by atoms with Crippen molar-refractivity contribution in [3.05, 3.63) is 81.9 Å². The molecule has 55 heavy (non-hydrogen) atoms. The van der Waals surface area contributed by atoms with Crippen LogP contribution in [0.3, 0.4) is 0 Å². The molecule has 288 valence electrons. The fraction of sp³-hybridized carbons (Fsp3) is 0.439. The molecule has 3 fully saturated rings. The quantitative estimate of drug-likeness (QED) is 0.177. The summed E-state index contributed by atoms with van der Waals surface area (Å²) in [4.78, 5) is 55.9. The second-order valence-electron chi connectivity index (χ2n) is 15.3. The molecule has 1 aliphatic carbocycles. The molecule has 4 heterocycles. The van der Waals surface area contributed by atoms with E-state index in [9.17, 15) is 19.2 Å². The number of aryl methyl sites for hydroxylation is 1. The van der Waals surface area contributed by atoms with Gasteiger partial charge in [-0.3, -0.25) is 33.5 Å². The fourth-order valence-corrected chi connectivity index (χ4v) is 9.18. The Bertz CT molecular complexity index is 2330. The van der Waals surface area contributed by atoms with Crippen LogP contribution in [0.2, 0.25) is 5.02 Å². The molecule has 14 heteroatoms. The predicted molar refractivity (Wildman–Crippen MR) is 213 cm³/mol. The minimum absolute atomic E-state index is 0.218. The van der Waals surface area contributed by atoms with Crippen LogP contribution in [0.4, 0.5) is 11.4 Å². The van der Waals surface area contributed by atoms with Gasteiger partial charge in [0.25, 0.3) is 5.91 Å². The highest BCUT2D eigenvalue weighted by atomic mass is 35.5. The Morgan fingerprint density at radius 2 is 1.76 bits per heavy atom. The molecule has 3 aliphatic rings.